The van der Waals surface area contributed by atoms with Crippen molar-refractivity contribution < 1.29 is 0 Å². The molecule has 0 aromatic rings. The summed E-state index contributed by atoms with van der Waals surface area (Å²) >= 11 is 0. The maximum atomic E-state index is 4.63. The van der Waals surface area contributed by atoms with Crippen LogP contribution in [0.1, 0.15) is 106 Å². The first kappa shape index (κ1) is 21.0. The molecule has 2 aliphatic rings. The summed E-state index contributed by atoms with van der Waals surface area (Å²) in [6, 6.07) is 0. The number of allylic oxidation sites excluding steroid dienone is 1. The van der Waals surface area contributed by atoms with Gasteiger partial charge in [0.25, 0.3) is 0 Å². The van der Waals surface area contributed by atoms with Gasteiger partial charge < -0.3 is 0 Å². The van der Waals surface area contributed by atoms with Gasteiger partial charge in [0.05, 0.1) is 0 Å². The summed E-state index contributed by atoms with van der Waals surface area (Å²) in [6.45, 7) is 19.4. The SMILES string of the molecule is C=C(CC(C)C1CCCCC1)C1CCC(C)C(CCC(C)(C)C)C1C. The average molecular weight is 347 g/mol. The van der Waals surface area contributed by atoms with Crippen LogP contribution in [0.25, 0.3) is 0 Å². The fourth-order valence-corrected chi connectivity index (χ4v) is 5.89. The highest BCUT2D eigenvalue weighted by Gasteiger charge is 2.36. The Morgan fingerprint density at radius 3 is 2.24 bits per heavy atom. The first-order valence-corrected chi connectivity index (χ1v) is 11.4. The molecule has 0 bridgehead atoms. The first-order chi connectivity index (χ1) is 11.7. The van der Waals surface area contributed by atoms with Crippen molar-refractivity contribution in [2.75, 3.05) is 0 Å². The zero-order valence-electron chi connectivity index (χ0n) is 18.2. The predicted octanol–water partition coefficient (Wildman–Crippen LogP) is 8.27. The van der Waals surface area contributed by atoms with Gasteiger partial charge in [0.15, 0.2) is 0 Å². The molecule has 0 aromatic heterocycles. The highest BCUT2D eigenvalue weighted by molar-refractivity contribution is 5.07. The van der Waals surface area contributed by atoms with E-state index in [1.165, 1.54) is 64.2 Å². The third-order valence-corrected chi connectivity index (χ3v) is 7.76. The van der Waals surface area contributed by atoms with Crippen LogP contribution in [-0.2, 0) is 0 Å². The van der Waals surface area contributed by atoms with Gasteiger partial charge in [-0.1, -0.05) is 85.8 Å². The Morgan fingerprint density at radius 2 is 1.64 bits per heavy atom. The van der Waals surface area contributed by atoms with Crippen LogP contribution in [0.3, 0.4) is 0 Å². The molecular formula is C25H46. The summed E-state index contributed by atoms with van der Waals surface area (Å²) in [5.41, 5.74) is 2.07. The van der Waals surface area contributed by atoms with Gasteiger partial charge in [-0.15, -0.1) is 0 Å². The van der Waals surface area contributed by atoms with E-state index in [2.05, 4.69) is 48.1 Å². The Balaban J connectivity index is 1.91. The van der Waals surface area contributed by atoms with Crippen LogP contribution in [0.15, 0.2) is 12.2 Å². The summed E-state index contributed by atoms with van der Waals surface area (Å²) < 4.78 is 0. The molecule has 146 valence electrons. The first-order valence-electron chi connectivity index (χ1n) is 11.4. The highest BCUT2D eigenvalue weighted by Crippen LogP contribution is 2.46. The molecule has 2 fully saturated rings. The van der Waals surface area contributed by atoms with Crippen molar-refractivity contribution in [2.45, 2.75) is 106 Å². The molecule has 25 heavy (non-hydrogen) atoms. The van der Waals surface area contributed by atoms with E-state index in [4.69, 9.17) is 0 Å². The van der Waals surface area contributed by atoms with Gasteiger partial charge >= 0.3 is 0 Å². The van der Waals surface area contributed by atoms with Gasteiger partial charge in [0.2, 0.25) is 0 Å². The van der Waals surface area contributed by atoms with Crippen LogP contribution in [-0.4, -0.2) is 0 Å². The lowest BCUT2D eigenvalue weighted by atomic mass is 9.62. The second-order valence-electron chi connectivity index (χ2n) is 11.0. The second kappa shape index (κ2) is 9.09. The highest BCUT2D eigenvalue weighted by atomic mass is 14.4. The lowest BCUT2D eigenvalue weighted by Gasteiger charge is -2.43. The topological polar surface area (TPSA) is 0 Å². The zero-order chi connectivity index (χ0) is 18.6. The average Bonchev–Trinajstić information content (AvgIpc) is 2.54. The normalized spacial score (nSPS) is 33.2. The minimum Gasteiger partial charge on any atom is -0.0996 e. The molecule has 0 nitrogen and oxygen atoms in total. The third kappa shape index (κ3) is 6.14. The minimum atomic E-state index is 0.471. The Hall–Kier alpha value is -0.260. The Labute approximate surface area is 159 Å². The molecule has 0 aliphatic heterocycles. The zero-order valence-corrected chi connectivity index (χ0v) is 18.2. The van der Waals surface area contributed by atoms with Gasteiger partial charge in [-0.05, 0) is 73.0 Å². The van der Waals surface area contributed by atoms with E-state index in [9.17, 15) is 0 Å². The molecule has 0 spiro atoms. The van der Waals surface area contributed by atoms with Crippen molar-refractivity contribution in [1.29, 1.82) is 0 Å². The van der Waals surface area contributed by atoms with Crippen LogP contribution >= 0.6 is 0 Å². The van der Waals surface area contributed by atoms with Crippen molar-refractivity contribution in [3.8, 4) is 0 Å². The molecule has 0 saturated heterocycles. The Morgan fingerprint density at radius 1 is 1.00 bits per heavy atom. The maximum Gasteiger partial charge on any atom is -0.0177 e. The molecule has 0 radical (unpaired) electrons. The second-order valence-corrected chi connectivity index (χ2v) is 11.0. The maximum absolute atomic E-state index is 4.63. The molecule has 2 saturated carbocycles. The predicted molar refractivity (Wildman–Crippen MR) is 113 cm³/mol. The van der Waals surface area contributed by atoms with Crippen LogP contribution < -0.4 is 0 Å². The molecule has 0 heterocycles. The van der Waals surface area contributed by atoms with Crippen molar-refractivity contribution in [3.05, 3.63) is 12.2 Å². The van der Waals surface area contributed by atoms with Gasteiger partial charge in [-0.25, -0.2) is 0 Å². The Kier molecular flexibility index (Phi) is 7.66. The quantitative estimate of drug-likeness (QED) is 0.424. The van der Waals surface area contributed by atoms with Crippen LogP contribution in [0.5, 0.6) is 0 Å². The van der Waals surface area contributed by atoms with E-state index in [0.29, 0.717) is 5.41 Å². The smallest absolute Gasteiger partial charge is 0.0177 e. The monoisotopic (exact) mass is 346 g/mol. The number of hydrogen-bond donors (Lipinski definition) is 0. The summed E-state index contributed by atoms with van der Waals surface area (Å²) in [6.07, 6.45) is 14.2. The van der Waals surface area contributed by atoms with Crippen LogP contribution in [0, 0.1) is 40.9 Å². The van der Waals surface area contributed by atoms with Crippen LogP contribution in [0.4, 0.5) is 0 Å². The summed E-state index contributed by atoms with van der Waals surface area (Å²) in [4.78, 5) is 0. The third-order valence-electron chi connectivity index (χ3n) is 7.76. The molecule has 2 rings (SSSR count). The Bertz CT molecular complexity index is 406. The van der Waals surface area contributed by atoms with Gasteiger partial charge in [0.1, 0.15) is 0 Å². The largest absolute Gasteiger partial charge is 0.0996 e. The lowest BCUT2D eigenvalue weighted by Crippen LogP contribution is -2.34. The minimum absolute atomic E-state index is 0.471. The molecule has 2 aliphatic carbocycles. The number of rotatable bonds is 6. The van der Waals surface area contributed by atoms with Crippen molar-refractivity contribution >= 4 is 0 Å². The summed E-state index contributed by atoms with van der Waals surface area (Å²) in [7, 11) is 0. The van der Waals surface area contributed by atoms with E-state index >= 15 is 0 Å². The molecule has 0 amide bonds. The van der Waals surface area contributed by atoms with E-state index < -0.39 is 0 Å². The molecule has 5 unspecified atom stereocenters. The van der Waals surface area contributed by atoms with Crippen LogP contribution in [0.2, 0.25) is 0 Å². The molecular weight excluding hydrogens is 300 g/mol. The van der Waals surface area contributed by atoms with E-state index in [0.717, 1.165) is 35.5 Å². The van der Waals surface area contributed by atoms with E-state index in [-0.39, 0.29) is 0 Å². The lowest BCUT2D eigenvalue weighted by molar-refractivity contribution is 0.106. The van der Waals surface area contributed by atoms with Gasteiger partial charge in [-0.2, -0.15) is 0 Å². The summed E-state index contributed by atoms with van der Waals surface area (Å²) in [5.74, 6) is 5.24. The molecule has 0 heteroatoms. The summed E-state index contributed by atoms with van der Waals surface area (Å²) in [5, 5.41) is 0. The fraction of sp³-hybridized carbons (Fsp3) is 0.920. The molecule has 0 N–H and O–H groups in total. The van der Waals surface area contributed by atoms with Crippen molar-refractivity contribution in [1.82, 2.24) is 0 Å². The molecule has 0 aromatic carbocycles. The van der Waals surface area contributed by atoms with E-state index in [1.54, 1.807) is 5.57 Å². The van der Waals surface area contributed by atoms with Gasteiger partial charge in [-0.3, -0.25) is 0 Å². The van der Waals surface area contributed by atoms with Gasteiger partial charge in [0, 0.05) is 0 Å². The molecule has 5 atom stereocenters. The number of hydrogen-bond acceptors (Lipinski definition) is 0. The van der Waals surface area contributed by atoms with E-state index in [1.807, 2.05) is 0 Å². The van der Waals surface area contributed by atoms with Crippen molar-refractivity contribution in [2.24, 2.45) is 40.9 Å². The van der Waals surface area contributed by atoms with Crippen molar-refractivity contribution in [3.63, 3.8) is 0 Å². The standard InChI is InChI=1S/C25H46/c1-18-13-14-23(21(4)24(18)15-16-25(5,6)7)20(3)17-19(2)22-11-9-8-10-12-22/h18-19,21-24H,3,8-17H2,1-2,4-7H3. The fourth-order valence-electron chi connectivity index (χ4n) is 5.89.